The van der Waals surface area contributed by atoms with Crippen molar-refractivity contribution in [2.75, 3.05) is 7.11 Å². The Labute approximate surface area is 189 Å². The van der Waals surface area contributed by atoms with Gasteiger partial charge in [0.25, 0.3) is 0 Å². The Morgan fingerprint density at radius 2 is 2.00 bits per heavy atom. The van der Waals surface area contributed by atoms with E-state index in [-0.39, 0.29) is 28.1 Å². The van der Waals surface area contributed by atoms with Gasteiger partial charge in [-0.1, -0.05) is 13.0 Å². The molecule has 182 valence electrons. The topological polar surface area (TPSA) is 121 Å². The second-order valence-corrected chi connectivity index (χ2v) is 8.25. The Kier molecular flexibility index (Phi) is 5.42. The Morgan fingerprint density at radius 1 is 1.32 bits per heavy atom. The molecule has 3 aromatic rings. The summed E-state index contributed by atoms with van der Waals surface area (Å²) in [5.74, 6) is -6.16. The predicted molar refractivity (Wildman–Crippen MR) is 108 cm³/mol. The number of nitrogen functional groups attached to an aromatic ring is 1. The van der Waals surface area contributed by atoms with Gasteiger partial charge in [0, 0.05) is 28.2 Å². The van der Waals surface area contributed by atoms with E-state index < -0.39 is 52.9 Å². The monoisotopic (exact) mass is 486 g/mol. The number of halogens is 5. The summed E-state index contributed by atoms with van der Waals surface area (Å²) in [5, 5.41) is 17.7. The third-order valence-electron chi connectivity index (χ3n) is 6.42. The van der Waals surface area contributed by atoms with E-state index in [0.29, 0.717) is 4.73 Å². The number of benzene rings is 1. The van der Waals surface area contributed by atoms with Crippen LogP contribution in [0.5, 0.6) is 5.75 Å². The minimum atomic E-state index is -4.81. The molecule has 1 saturated heterocycles. The number of aromatic nitrogens is 3. The SMILES string of the molecule is COc1c([C@H]2[C@H](c3nc4c(C(=N)N)[n+](O)ccc4[nH]3)O[C@@](C)(C(F)(F)F)[C@H]2C)ccc(F)c1F. The van der Waals surface area contributed by atoms with E-state index in [4.69, 9.17) is 20.6 Å². The number of fused-ring (bicyclic) bond motifs is 1. The van der Waals surface area contributed by atoms with E-state index in [1.165, 1.54) is 19.2 Å². The van der Waals surface area contributed by atoms with Crippen LogP contribution in [0.3, 0.4) is 0 Å². The van der Waals surface area contributed by atoms with Gasteiger partial charge in [-0.3, -0.25) is 10.6 Å². The van der Waals surface area contributed by atoms with Gasteiger partial charge in [-0.25, -0.2) is 9.37 Å². The van der Waals surface area contributed by atoms with Crippen molar-refractivity contribution in [1.29, 1.82) is 5.41 Å². The van der Waals surface area contributed by atoms with E-state index >= 15 is 0 Å². The van der Waals surface area contributed by atoms with Crippen LogP contribution in [0.1, 0.15) is 43.0 Å². The number of nitrogens with one attached hydrogen (secondary N) is 2. The minimum absolute atomic E-state index is 0.0142. The fourth-order valence-corrected chi connectivity index (χ4v) is 4.47. The average Bonchev–Trinajstić information content (AvgIpc) is 3.29. The largest absolute Gasteiger partial charge is 0.493 e. The molecule has 1 aromatic carbocycles. The first-order valence-corrected chi connectivity index (χ1v) is 10.1. The molecule has 0 spiro atoms. The predicted octanol–water partition coefficient (Wildman–Crippen LogP) is 3.47. The summed E-state index contributed by atoms with van der Waals surface area (Å²) in [6.45, 7) is 2.17. The summed E-state index contributed by atoms with van der Waals surface area (Å²) < 4.78 is 81.9. The molecule has 2 aromatic heterocycles. The molecule has 8 nitrogen and oxygen atoms in total. The number of rotatable bonds is 4. The molecular formula is C21H21F5N5O3+. The summed E-state index contributed by atoms with van der Waals surface area (Å²) in [5.41, 5.74) is 2.92. The van der Waals surface area contributed by atoms with Crippen LogP contribution in [0.25, 0.3) is 11.0 Å². The van der Waals surface area contributed by atoms with Crippen LogP contribution in [0.15, 0.2) is 24.4 Å². The van der Waals surface area contributed by atoms with Crippen LogP contribution in [-0.4, -0.2) is 39.9 Å². The Morgan fingerprint density at radius 3 is 2.59 bits per heavy atom. The second kappa shape index (κ2) is 7.79. The Hall–Kier alpha value is -3.48. The molecular weight excluding hydrogens is 465 g/mol. The summed E-state index contributed by atoms with van der Waals surface area (Å²) in [6.07, 6.45) is -5.04. The highest BCUT2D eigenvalue weighted by Crippen LogP contribution is 2.59. The first-order valence-electron chi connectivity index (χ1n) is 10.1. The zero-order valence-corrected chi connectivity index (χ0v) is 18.2. The molecule has 4 atom stereocenters. The summed E-state index contributed by atoms with van der Waals surface area (Å²) in [7, 11) is 1.08. The number of nitrogens with two attached hydrogens (primary N) is 1. The van der Waals surface area contributed by atoms with Gasteiger partial charge in [0.2, 0.25) is 12.0 Å². The van der Waals surface area contributed by atoms with E-state index in [2.05, 4.69) is 9.97 Å². The fraction of sp³-hybridized carbons (Fsp3) is 0.381. The Balaban J connectivity index is 1.96. The molecule has 0 unspecified atom stereocenters. The van der Waals surface area contributed by atoms with Crippen molar-refractivity contribution in [1.82, 2.24) is 9.97 Å². The minimum Gasteiger partial charge on any atom is -0.493 e. The summed E-state index contributed by atoms with van der Waals surface area (Å²) >= 11 is 0. The van der Waals surface area contributed by atoms with Crippen LogP contribution in [0, 0.1) is 23.0 Å². The molecule has 0 aliphatic carbocycles. The van der Waals surface area contributed by atoms with Gasteiger partial charge >= 0.3 is 11.9 Å². The standard InChI is InChI=1S/C21H20F5N5O3/c1-8-12(9-4-5-10(22)13(23)16(9)33-3)17(34-20(8,2)21(24,25)26)19-29-11-6-7-31(32)15(18(27)28)14(11)30-19/h4-8,12,17,32H,1-3H3,(H3,27,28)/p+1/t8-,12-,17+,20+/m0/s1. The quantitative estimate of drug-likeness (QED) is 0.148. The summed E-state index contributed by atoms with van der Waals surface area (Å²) in [6, 6.07) is 3.34. The van der Waals surface area contributed by atoms with E-state index in [9.17, 15) is 27.2 Å². The molecule has 1 aliphatic heterocycles. The van der Waals surface area contributed by atoms with Crippen molar-refractivity contribution < 1.29 is 41.4 Å². The Bertz CT molecular complexity index is 1290. The van der Waals surface area contributed by atoms with Gasteiger partial charge in [-0.2, -0.15) is 17.6 Å². The number of alkyl halides is 3. The van der Waals surface area contributed by atoms with Gasteiger partial charge in [0.05, 0.1) is 12.6 Å². The molecule has 0 saturated carbocycles. The molecule has 1 fully saturated rings. The summed E-state index contributed by atoms with van der Waals surface area (Å²) in [4.78, 5) is 7.12. The molecule has 0 amide bonds. The molecule has 0 radical (unpaired) electrons. The van der Waals surface area contributed by atoms with Crippen molar-refractivity contribution in [2.24, 2.45) is 11.7 Å². The molecule has 0 bridgehead atoms. The highest BCUT2D eigenvalue weighted by Gasteiger charge is 2.65. The van der Waals surface area contributed by atoms with Gasteiger partial charge in [-0.05, 0) is 13.0 Å². The van der Waals surface area contributed by atoms with Gasteiger partial charge < -0.3 is 20.2 Å². The number of H-pyrrole nitrogens is 1. The number of nitrogens with zero attached hydrogens (tertiary/aromatic N) is 2. The number of hydrogen-bond acceptors (Lipinski definition) is 5. The lowest BCUT2D eigenvalue weighted by molar-refractivity contribution is -0.904. The van der Waals surface area contributed by atoms with Crippen molar-refractivity contribution in [2.45, 2.75) is 37.6 Å². The van der Waals surface area contributed by atoms with Crippen LogP contribution >= 0.6 is 0 Å². The zero-order valence-electron chi connectivity index (χ0n) is 18.2. The molecule has 34 heavy (non-hydrogen) atoms. The normalized spacial score (nSPS) is 25.1. The van der Waals surface area contributed by atoms with Crippen molar-refractivity contribution in [3.63, 3.8) is 0 Å². The van der Waals surface area contributed by atoms with Crippen molar-refractivity contribution >= 4 is 16.9 Å². The first kappa shape index (κ1) is 23.7. The number of ether oxygens (including phenoxy) is 2. The van der Waals surface area contributed by atoms with Crippen molar-refractivity contribution in [3.05, 3.63) is 53.1 Å². The number of aromatic amines is 1. The van der Waals surface area contributed by atoms with Gasteiger partial charge in [0.15, 0.2) is 28.5 Å². The highest BCUT2D eigenvalue weighted by molar-refractivity contribution is 6.01. The second-order valence-electron chi connectivity index (χ2n) is 8.25. The van der Waals surface area contributed by atoms with E-state index in [1.54, 1.807) is 0 Å². The molecule has 1 aliphatic rings. The van der Waals surface area contributed by atoms with Gasteiger partial charge in [-0.15, -0.1) is 0 Å². The number of methoxy groups -OCH3 is 1. The lowest BCUT2D eigenvalue weighted by atomic mass is 9.77. The third-order valence-corrected chi connectivity index (χ3v) is 6.42. The lowest BCUT2D eigenvalue weighted by Crippen LogP contribution is -2.46. The molecule has 5 N–H and O–H groups in total. The maximum absolute atomic E-state index is 14.5. The molecule has 4 rings (SSSR count). The smallest absolute Gasteiger partial charge is 0.417 e. The molecule has 3 heterocycles. The van der Waals surface area contributed by atoms with Crippen LogP contribution < -0.4 is 15.2 Å². The van der Waals surface area contributed by atoms with E-state index in [1.807, 2.05) is 0 Å². The number of imidazole rings is 1. The van der Waals surface area contributed by atoms with Gasteiger partial charge in [0.1, 0.15) is 11.9 Å². The number of amidine groups is 1. The number of pyridine rings is 1. The maximum Gasteiger partial charge on any atom is 0.417 e. The number of hydrogen-bond donors (Lipinski definition) is 4. The lowest BCUT2D eigenvalue weighted by Gasteiger charge is -2.32. The average molecular weight is 486 g/mol. The molecule has 13 heteroatoms. The maximum atomic E-state index is 14.5. The van der Waals surface area contributed by atoms with Crippen molar-refractivity contribution in [3.8, 4) is 5.75 Å². The van der Waals surface area contributed by atoms with Crippen LogP contribution in [0.4, 0.5) is 22.0 Å². The van der Waals surface area contributed by atoms with E-state index in [0.717, 1.165) is 26.2 Å². The first-order chi connectivity index (χ1) is 15.8. The fourth-order valence-electron chi connectivity index (χ4n) is 4.47. The zero-order chi connectivity index (χ0) is 25.2. The van der Waals surface area contributed by atoms with Crippen LogP contribution in [0.2, 0.25) is 0 Å². The van der Waals surface area contributed by atoms with Crippen LogP contribution in [-0.2, 0) is 4.74 Å². The third kappa shape index (κ3) is 3.33. The highest BCUT2D eigenvalue weighted by atomic mass is 19.4.